The third-order valence-electron chi connectivity index (χ3n) is 3.67. The maximum Gasteiger partial charge on any atom is 0.573 e. The van der Waals surface area contributed by atoms with Gasteiger partial charge in [-0.25, -0.2) is 4.98 Å². The maximum absolute atomic E-state index is 12.8. The highest BCUT2D eigenvalue weighted by Gasteiger charge is 2.32. The van der Waals surface area contributed by atoms with Gasteiger partial charge in [0.2, 0.25) is 0 Å². The van der Waals surface area contributed by atoms with Crippen molar-refractivity contribution in [1.29, 1.82) is 0 Å². The number of benzene rings is 1. The van der Waals surface area contributed by atoms with Crippen molar-refractivity contribution in [3.8, 4) is 22.6 Å². The van der Waals surface area contributed by atoms with E-state index in [0.717, 1.165) is 12.3 Å². The van der Waals surface area contributed by atoms with Crippen LogP contribution < -0.4 is 26.3 Å². The summed E-state index contributed by atoms with van der Waals surface area (Å²) in [4.78, 5) is 19.9. The molecule has 8 nitrogen and oxygen atoms in total. The van der Waals surface area contributed by atoms with Gasteiger partial charge >= 0.3 is 6.36 Å². The lowest BCUT2D eigenvalue weighted by molar-refractivity contribution is -0.274. The molecule has 0 aliphatic carbocycles. The second kappa shape index (κ2) is 9.63. The van der Waals surface area contributed by atoms with Crippen LogP contribution in [0.4, 0.5) is 24.8 Å². The Morgan fingerprint density at radius 2 is 2.00 bits per heavy atom. The first-order valence-electron chi connectivity index (χ1n) is 8.64. The number of pyridine rings is 1. The molecule has 5 N–H and O–H groups in total. The number of aliphatic imine (C=N–C) groups is 1. The van der Waals surface area contributed by atoms with E-state index in [9.17, 15) is 18.0 Å². The van der Waals surface area contributed by atoms with Crippen LogP contribution in [0.2, 0.25) is 0 Å². The number of amides is 1. The number of hydrogen-bond donors (Lipinski definition) is 3. The van der Waals surface area contributed by atoms with Crippen LogP contribution in [0.25, 0.3) is 11.1 Å². The second-order valence-corrected chi connectivity index (χ2v) is 5.69. The number of halogens is 3. The van der Waals surface area contributed by atoms with Crippen molar-refractivity contribution < 1.29 is 27.4 Å². The quantitative estimate of drug-likeness (QED) is 0.588. The fraction of sp³-hybridized carbons (Fsp3) is 0.211. The topological polar surface area (TPSA) is 125 Å². The van der Waals surface area contributed by atoms with Crippen molar-refractivity contribution in [2.24, 2.45) is 10.7 Å². The molecule has 1 amide bonds. The molecule has 0 fully saturated rings. The van der Waals surface area contributed by atoms with E-state index >= 15 is 0 Å². The van der Waals surface area contributed by atoms with Crippen LogP contribution in [0.3, 0.4) is 0 Å². The first-order valence-corrected chi connectivity index (χ1v) is 8.64. The highest BCUT2D eigenvalue weighted by molar-refractivity contribution is 6.47. The van der Waals surface area contributed by atoms with Crippen LogP contribution >= 0.6 is 0 Å². The zero-order chi connectivity index (χ0) is 22.3. The van der Waals surface area contributed by atoms with Gasteiger partial charge in [0.25, 0.3) is 5.91 Å². The summed E-state index contributed by atoms with van der Waals surface area (Å²) in [5.41, 5.74) is 11.5. The van der Waals surface area contributed by atoms with Gasteiger partial charge in [-0.1, -0.05) is 0 Å². The molecule has 30 heavy (non-hydrogen) atoms. The molecule has 160 valence electrons. The van der Waals surface area contributed by atoms with E-state index in [1.807, 2.05) is 0 Å². The van der Waals surface area contributed by atoms with E-state index < -0.39 is 18.0 Å². The number of nitrogen functional groups attached to an aromatic ring is 1. The molecule has 0 radical (unpaired) electrons. The number of carbonyl (C=O) groups excluding carboxylic acids is 1. The number of nitrogens with one attached hydrogen (secondary N) is 1. The van der Waals surface area contributed by atoms with E-state index in [1.54, 1.807) is 6.92 Å². The van der Waals surface area contributed by atoms with Gasteiger partial charge in [-0.3, -0.25) is 9.79 Å². The third-order valence-corrected chi connectivity index (χ3v) is 3.67. The monoisotopic (exact) mass is 423 g/mol. The van der Waals surface area contributed by atoms with Crippen LogP contribution in [-0.2, 0) is 4.79 Å². The lowest BCUT2D eigenvalue weighted by atomic mass is 10.0. The zero-order valence-corrected chi connectivity index (χ0v) is 16.2. The molecule has 1 aromatic carbocycles. The van der Waals surface area contributed by atoms with Gasteiger partial charge in [0.1, 0.15) is 28.8 Å². The molecule has 11 heteroatoms. The van der Waals surface area contributed by atoms with Crippen molar-refractivity contribution in [1.82, 2.24) is 4.98 Å². The maximum atomic E-state index is 12.8. The van der Waals surface area contributed by atoms with E-state index in [4.69, 9.17) is 16.2 Å². The number of alkyl halides is 3. The average molecular weight is 423 g/mol. The molecule has 2 rings (SSSR count). The van der Waals surface area contributed by atoms with E-state index in [-0.39, 0.29) is 28.5 Å². The van der Waals surface area contributed by atoms with Crippen LogP contribution in [0.15, 0.2) is 47.6 Å². The molecular formula is C19H20F3N5O3. The van der Waals surface area contributed by atoms with Crippen molar-refractivity contribution >= 4 is 23.3 Å². The number of aromatic nitrogens is 1. The average Bonchev–Trinajstić information content (AvgIpc) is 2.66. The normalized spacial score (nSPS) is 12.1. The molecule has 0 aliphatic rings. The number of carbonyl (C=O) groups is 1. The Morgan fingerprint density at radius 1 is 1.27 bits per heavy atom. The summed E-state index contributed by atoms with van der Waals surface area (Å²) in [7, 11) is 1.41. The molecule has 0 bridgehead atoms. The van der Waals surface area contributed by atoms with Crippen molar-refractivity contribution in [3.63, 3.8) is 0 Å². The standard InChI is InChI=1S/C19H20F3N5O3/c1-3-29-11-4-6-15(30-19(20,21)22)13(10-11)12-5-7-16(26-17(12)24)27-18(28)14(25-2)8-9-23/h4-10H,3,23H2,1-2H3,(H3,24,26,27,28)/b9-8-,25-14?. The number of anilines is 2. The number of rotatable bonds is 7. The first kappa shape index (κ1) is 22.5. The molecule has 0 aliphatic heterocycles. The minimum atomic E-state index is -4.90. The minimum absolute atomic E-state index is 0.0306. The second-order valence-electron chi connectivity index (χ2n) is 5.69. The van der Waals surface area contributed by atoms with Gasteiger partial charge < -0.3 is 26.3 Å². The first-order chi connectivity index (χ1) is 14.2. The lowest BCUT2D eigenvalue weighted by Gasteiger charge is -2.16. The van der Waals surface area contributed by atoms with E-state index in [0.29, 0.717) is 12.4 Å². The Labute approximate surface area is 170 Å². The predicted octanol–water partition coefficient (Wildman–Crippen LogP) is 3.11. The van der Waals surface area contributed by atoms with Crippen molar-refractivity contribution in [3.05, 3.63) is 42.6 Å². The fourth-order valence-electron chi connectivity index (χ4n) is 2.49. The fourth-order valence-corrected chi connectivity index (χ4v) is 2.49. The molecule has 0 unspecified atom stereocenters. The summed E-state index contributed by atoms with van der Waals surface area (Å²) >= 11 is 0. The Morgan fingerprint density at radius 3 is 2.57 bits per heavy atom. The Bertz CT molecular complexity index is 974. The summed E-state index contributed by atoms with van der Waals surface area (Å²) in [6.45, 7) is 2.05. The molecule has 0 atom stereocenters. The van der Waals surface area contributed by atoms with Crippen molar-refractivity contribution in [2.45, 2.75) is 13.3 Å². The van der Waals surface area contributed by atoms with Gasteiger partial charge in [0.15, 0.2) is 0 Å². The smallest absolute Gasteiger partial charge is 0.494 e. The molecule has 0 spiro atoms. The Kier molecular flexibility index (Phi) is 7.23. The summed E-state index contributed by atoms with van der Waals surface area (Å²) in [5, 5.41) is 2.48. The van der Waals surface area contributed by atoms with E-state index in [1.165, 1.54) is 37.4 Å². The predicted molar refractivity (Wildman–Crippen MR) is 107 cm³/mol. The van der Waals surface area contributed by atoms with E-state index in [2.05, 4.69) is 20.0 Å². The molecular weight excluding hydrogens is 403 g/mol. The molecule has 0 saturated carbocycles. The van der Waals surface area contributed by atoms with Crippen LogP contribution in [0.5, 0.6) is 11.5 Å². The SMILES string of the molecule is CCOc1ccc(OC(F)(F)F)c(-c2ccc(NC(=O)C(/C=C\N)=NC)nc2N)c1. The number of hydrogen-bond acceptors (Lipinski definition) is 7. The summed E-state index contributed by atoms with van der Waals surface area (Å²) in [6, 6.07) is 6.64. The number of nitrogens with two attached hydrogens (primary N) is 2. The van der Waals surface area contributed by atoms with Crippen LogP contribution in [0.1, 0.15) is 6.92 Å². The van der Waals surface area contributed by atoms with Gasteiger partial charge in [0, 0.05) is 18.2 Å². The summed E-state index contributed by atoms with van der Waals surface area (Å²) < 4.78 is 47.8. The highest BCUT2D eigenvalue weighted by atomic mass is 19.4. The summed E-state index contributed by atoms with van der Waals surface area (Å²) in [5.74, 6) is -0.774. The minimum Gasteiger partial charge on any atom is -0.494 e. The van der Waals surface area contributed by atoms with Gasteiger partial charge in [-0.2, -0.15) is 0 Å². The van der Waals surface area contributed by atoms with Gasteiger partial charge in [-0.15, -0.1) is 13.2 Å². The molecule has 1 heterocycles. The molecule has 0 saturated heterocycles. The molecule has 1 aromatic heterocycles. The van der Waals surface area contributed by atoms with Crippen LogP contribution in [-0.4, -0.2) is 36.6 Å². The van der Waals surface area contributed by atoms with Crippen LogP contribution in [0, 0.1) is 0 Å². The van der Waals surface area contributed by atoms with Crippen molar-refractivity contribution in [2.75, 3.05) is 24.7 Å². The van der Waals surface area contributed by atoms with Gasteiger partial charge in [0.05, 0.1) is 6.61 Å². The number of ether oxygens (including phenoxy) is 2. The Hall–Kier alpha value is -3.76. The number of nitrogens with zero attached hydrogens (tertiary/aromatic N) is 2. The largest absolute Gasteiger partial charge is 0.573 e. The van der Waals surface area contributed by atoms with Gasteiger partial charge in [-0.05, 0) is 49.5 Å². The zero-order valence-electron chi connectivity index (χ0n) is 16.2. The highest BCUT2D eigenvalue weighted by Crippen LogP contribution is 2.39. The lowest BCUT2D eigenvalue weighted by Crippen LogP contribution is -2.22. The summed E-state index contributed by atoms with van der Waals surface area (Å²) in [6.07, 6.45) is -2.45. The third kappa shape index (κ3) is 5.87. The Balaban J connectivity index is 2.42. The molecule has 2 aromatic rings.